The molecular formula is C17H28N4OS. The lowest BCUT2D eigenvalue weighted by atomic mass is 9.98. The number of allylic oxidation sites excluding steroid dienone is 1. The minimum atomic E-state index is 0.537. The van der Waals surface area contributed by atoms with Crippen LogP contribution >= 0.6 is 11.5 Å². The van der Waals surface area contributed by atoms with Gasteiger partial charge in [-0.15, -0.1) is 0 Å². The van der Waals surface area contributed by atoms with E-state index in [4.69, 9.17) is 4.74 Å². The first-order valence-electron chi connectivity index (χ1n) is 8.82. The van der Waals surface area contributed by atoms with Crippen LogP contribution in [0.25, 0.3) is 0 Å². The van der Waals surface area contributed by atoms with E-state index in [1.165, 1.54) is 69.7 Å². The van der Waals surface area contributed by atoms with Gasteiger partial charge in [-0.25, -0.2) is 4.98 Å². The molecule has 5 nitrogen and oxygen atoms in total. The summed E-state index contributed by atoms with van der Waals surface area (Å²) in [5.41, 5.74) is 1.66. The molecular weight excluding hydrogens is 308 g/mol. The molecule has 2 heterocycles. The van der Waals surface area contributed by atoms with Crippen molar-refractivity contribution in [2.75, 3.05) is 38.7 Å². The van der Waals surface area contributed by atoms with E-state index in [1.54, 1.807) is 12.7 Å². The van der Waals surface area contributed by atoms with Crippen molar-refractivity contribution in [3.8, 4) is 0 Å². The fourth-order valence-electron chi connectivity index (χ4n) is 3.35. The van der Waals surface area contributed by atoms with Gasteiger partial charge in [0.2, 0.25) is 5.13 Å². The van der Waals surface area contributed by atoms with E-state index in [1.807, 2.05) is 0 Å². The van der Waals surface area contributed by atoms with Gasteiger partial charge in [-0.2, -0.15) is 4.37 Å². The predicted octanol–water partition coefficient (Wildman–Crippen LogP) is 3.10. The molecule has 0 unspecified atom stereocenters. The van der Waals surface area contributed by atoms with E-state index in [9.17, 15) is 0 Å². The lowest BCUT2D eigenvalue weighted by Gasteiger charge is -2.33. The maximum Gasteiger partial charge on any atom is 0.202 e. The Labute approximate surface area is 143 Å². The number of nitrogens with zero attached hydrogens (tertiary/aromatic N) is 3. The topological polar surface area (TPSA) is 50.3 Å². The summed E-state index contributed by atoms with van der Waals surface area (Å²) in [4.78, 5) is 7.16. The number of ether oxygens (including phenoxy) is 1. The molecule has 128 valence electrons. The number of anilines is 1. The van der Waals surface area contributed by atoms with E-state index in [-0.39, 0.29) is 0 Å². The maximum absolute atomic E-state index is 5.07. The molecule has 0 spiro atoms. The normalized spacial score (nSPS) is 20.5. The van der Waals surface area contributed by atoms with Gasteiger partial charge in [0.25, 0.3) is 0 Å². The molecule has 2 aliphatic rings. The zero-order valence-corrected chi connectivity index (χ0v) is 14.9. The minimum absolute atomic E-state index is 0.537. The standard InChI is InChI=1S/C17H28N4OS/c1-22-12-9-16-19-17(23-20-16)18-15-7-10-21(11-8-15)13-14-5-3-2-4-6-14/h5,15H,2-4,6-13H2,1H3,(H,18,19,20). The van der Waals surface area contributed by atoms with Crippen molar-refractivity contribution < 1.29 is 4.74 Å². The summed E-state index contributed by atoms with van der Waals surface area (Å²) in [6, 6.07) is 0.537. The van der Waals surface area contributed by atoms with E-state index >= 15 is 0 Å². The van der Waals surface area contributed by atoms with Gasteiger partial charge in [0.05, 0.1) is 6.61 Å². The van der Waals surface area contributed by atoms with Crippen molar-refractivity contribution in [3.05, 3.63) is 17.5 Å². The molecule has 0 radical (unpaired) electrons. The molecule has 23 heavy (non-hydrogen) atoms. The summed E-state index contributed by atoms with van der Waals surface area (Å²) >= 11 is 1.47. The van der Waals surface area contributed by atoms with Crippen LogP contribution in [0.3, 0.4) is 0 Å². The molecule has 3 rings (SSSR count). The molecule has 1 aliphatic carbocycles. The Hall–Kier alpha value is -0.980. The first-order valence-corrected chi connectivity index (χ1v) is 9.59. The van der Waals surface area contributed by atoms with Crippen molar-refractivity contribution in [2.45, 2.75) is 51.0 Å². The molecule has 0 bridgehead atoms. The highest BCUT2D eigenvalue weighted by molar-refractivity contribution is 7.09. The van der Waals surface area contributed by atoms with Crippen LogP contribution in [0.5, 0.6) is 0 Å². The molecule has 1 fully saturated rings. The first-order chi connectivity index (χ1) is 11.3. The molecule has 0 saturated carbocycles. The molecule has 0 atom stereocenters. The smallest absolute Gasteiger partial charge is 0.202 e. The van der Waals surface area contributed by atoms with Crippen LogP contribution in [0.15, 0.2) is 11.6 Å². The molecule has 6 heteroatoms. The summed E-state index contributed by atoms with van der Waals surface area (Å²) in [5.74, 6) is 0.890. The molecule has 0 amide bonds. The maximum atomic E-state index is 5.07. The summed E-state index contributed by atoms with van der Waals surface area (Å²) in [5, 5.41) is 4.53. The fourth-order valence-corrected chi connectivity index (χ4v) is 4.04. The van der Waals surface area contributed by atoms with Crippen molar-refractivity contribution in [3.63, 3.8) is 0 Å². The number of likely N-dealkylation sites (tertiary alicyclic amines) is 1. The molecule has 1 aromatic rings. The van der Waals surface area contributed by atoms with Crippen LogP contribution in [0.1, 0.15) is 44.3 Å². The fraction of sp³-hybridized carbons (Fsp3) is 0.765. The molecule has 1 aliphatic heterocycles. The summed E-state index contributed by atoms with van der Waals surface area (Å²) in [6.07, 6.45) is 11.0. The molecule has 1 saturated heterocycles. The van der Waals surface area contributed by atoms with E-state index in [0.29, 0.717) is 12.6 Å². The molecule has 1 N–H and O–H groups in total. The Balaban J connectivity index is 1.40. The average molecular weight is 337 g/mol. The highest BCUT2D eigenvalue weighted by Gasteiger charge is 2.21. The van der Waals surface area contributed by atoms with Gasteiger partial charge in [0, 0.05) is 50.7 Å². The summed E-state index contributed by atoms with van der Waals surface area (Å²) < 4.78 is 9.45. The minimum Gasteiger partial charge on any atom is -0.384 e. The lowest BCUT2D eigenvalue weighted by molar-refractivity contribution is 0.201. The number of piperidine rings is 1. The second-order valence-electron chi connectivity index (χ2n) is 6.56. The molecule has 1 aromatic heterocycles. The van der Waals surface area contributed by atoms with Crippen LogP contribution < -0.4 is 5.32 Å². The van der Waals surface area contributed by atoms with Gasteiger partial charge in [-0.3, -0.25) is 4.90 Å². The third-order valence-electron chi connectivity index (χ3n) is 4.72. The van der Waals surface area contributed by atoms with Crippen molar-refractivity contribution in [2.24, 2.45) is 0 Å². The number of methoxy groups -OCH3 is 1. The van der Waals surface area contributed by atoms with Crippen LogP contribution in [0.4, 0.5) is 5.13 Å². The zero-order chi connectivity index (χ0) is 15.9. The SMILES string of the molecule is COCCc1nsc(NC2CCN(CC3=CCCCC3)CC2)n1. The zero-order valence-electron chi connectivity index (χ0n) is 14.1. The number of nitrogens with one attached hydrogen (secondary N) is 1. The lowest BCUT2D eigenvalue weighted by Crippen LogP contribution is -2.40. The van der Waals surface area contributed by atoms with Gasteiger partial charge >= 0.3 is 0 Å². The average Bonchev–Trinajstić information content (AvgIpc) is 3.03. The van der Waals surface area contributed by atoms with Crippen LogP contribution in [-0.2, 0) is 11.2 Å². The van der Waals surface area contributed by atoms with Gasteiger partial charge in [-0.1, -0.05) is 11.6 Å². The summed E-state index contributed by atoms with van der Waals surface area (Å²) in [7, 11) is 1.71. The second kappa shape index (κ2) is 8.76. The van der Waals surface area contributed by atoms with E-state index in [0.717, 1.165) is 17.4 Å². The molecule has 0 aromatic carbocycles. The Morgan fingerprint density at radius 3 is 2.96 bits per heavy atom. The number of hydrogen-bond donors (Lipinski definition) is 1. The van der Waals surface area contributed by atoms with Gasteiger partial charge in [-0.05, 0) is 38.5 Å². The van der Waals surface area contributed by atoms with E-state index < -0.39 is 0 Å². The number of hydrogen-bond acceptors (Lipinski definition) is 6. The Morgan fingerprint density at radius 1 is 1.35 bits per heavy atom. The van der Waals surface area contributed by atoms with Crippen LogP contribution in [0.2, 0.25) is 0 Å². The monoisotopic (exact) mass is 336 g/mol. The highest BCUT2D eigenvalue weighted by Crippen LogP contribution is 2.22. The van der Waals surface area contributed by atoms with Crippen LogP contribution in [-0.4, -0.2) is 53.7 Å². The third kappa shape index (κ3) is 5.26. The largest absolute Gasteiger partial charge is 0.384 e. The third-order valence-corrected chi connectivity index (χ3v) is 5.41. The van der Waals surface area contributed by atoms with Crippen molar-refractivity contribution >= 4 is 16.7 Å². The second-order valence-corrected chi connectivity index (χ2v) is 7.31. The Bertz CT molecular complexity index is 508. The number of rotatable bonds is 7. The highest BCUT2D eigenvalue weighted by atomic mass is 32.1. The van der Waals surface area contributed by atoms with E-state index in [2.05, 4.69) is 25.7 Å². The predicted molar refractivity (Wildman–Crippen MR) is 95.1 cm³/mol. The quantitative estimate of drug-likeness (QED) is 0.775. The Kier molecular flexibility index (Phi) is 6.42. The number of aromatic nitrogens is 2. The van der Waals surface area contributed by atoms with Crippen molar-refractivity contribution in [1.82, 2.24) is 14.3 Å². The van der Waals surface area contributed by atoms with Gasteiger partial charge < -0.3 is 10.1 Å². The first kappa shape index (κ1) is 16.9. The van der Waals surface area contributed by atoms with Gasteiger partial charge in [0.1, 0.15) is 5.82 Å². The van der Waals surface area contributed by atoms with Crippen LogP contribution in [0, 0.1) is 0 Å². The summed E-state index contributed by atoms with van der Waals surface area (Å²) in [6.45, 7) is 4.24. The van der Waals surface area contributed by atoms with Gasteiger partial charge in [0.15, 0.2) is 0 Å². The van der Waals surface area contributed by atoms with Crippen molar-refractivity contribution in [1.29, 1.82) is 0 Å². The Morgan fingerprint density at radius 2 is 2.22 bits per heavy atom.